The Hall–Kier alpha value is -1.01. The van der Waals surface area contributed by atoms with Crippen molar-refractivity contribution in [2.75, 3.05) is 27.2 Å². The lowest BCUT2D eigenvalue weighted by molar-refractivity contribution is -0.128. The molecular weight excluding hydrogens is 176 g/mol. The van der Waals surface area contributed by atoms with Crippen molar-refractivity contribution in [1.29, 1.82) is 0 Å². The molecule has 0 atom stereocenters. The first-order valence-electron chi connectivity index (χ1n) is 5.03. The van der Waals surface area contributed by atoms with Gasteiger partial charge in [0, 0.05) is 26.9 Å². The lowest BCUT2D eigenvalue weighted by atomic mass is 10.2. The van der Waals surface area contributed by atoms with Gasteiger partial charge >= 0.3 is 0 Å². The molecule has 0 aliphatic rings. The van der Waals surface area contributed by atoms with E-state index in [1.165, 1.54) is 0 Å². The molecule has 0 aromatic rings. The van der Waals surface area contributed by atoms with E-state index in [9.17, 15) is 4.79 Å². The van der Waals surface area contributed by atoms with Crippen LogP contribution in [0.3, 0.4) is 0 Å². The molecule has 0 radical (unpaired) electrons. The summed E-state index contributed by atoms with van der Waals surface area (Å²) in [4.78, 5) is 12.8. The quantitative estimate of drug-likeness (QED) is 0.484. The van der Waals surface area contributed by atoms with E-state index in [-0.39, 0.29) is 5.91 Å². The van der Waals surface area contributed by atoms with Crippen LogP contribution in [0.2, 0.25) is 0 Å². The van der Waals surface area contributed by atoms with E-state index in [0.29, 0.717) is 6.42 Å². The zero-order valence-electron chi connectivity index (χ0n) is 9.18. The average Bonchev–Trinajstić information content (AvgIpc) is 2.16. The molecule has 1 N–H and O–H groups in total. The summed E-state index contributed by atoms with van der Waals surface area (Å²) < 4.78 is 0. The normalized spacial score (nSPS) is 9.50. The van der Waals surface area contributed by atoms with Crippen molar-refractivity contribution in [2.45, 2.75) is 25.7 Å². The maximum Gasteiger partial charge on any atom is 0.222 e. The Labute approximate surface area is 86.9 Å². The average molecular weight is 196 g/mol. The third-order valence-electron chi connectivity index (χ3n) is 1.92. The van der Waals surface area contributed by atoms with Gasteiger partial charge in [-0.25, -0.2) is 0 Å². The molecule has 14 heavy (non-hydrogen) atoms. The highest BCUT2D eigenvalue weighted by Gasteiger charge is 2.01. The summed E-state index contributed by atoms with van der Waals surface area (Å²) in [6.45, 7) is 1.84. The first kappa shape index (κ1) is 13.0. The number of nitrogens with zero attached hydrogens (tertiary/aromatic N) is 1. The molecule has 0 saturated heterocycles. The fraction of sp³-hybridized carbons (Fsp3) is 0.727. The zero-order chi connectivity index (χ0) is 10.8. The number of carbonyl (C=O) groups excluding carboxylic acids is 1. The van der Waals surface area contributed by atoms with Crippen molar-refractivity contribution >= 4 is 5.91 Å². The van der Waals surface area contributed by atoms with Gasteiger partial charge in [-0.3, -0.25) is 4.79 Å². The van der Waals surface area contributed by atoms with Gasteiger partial charge in [0.25, 0.3) is 0 Å². The van der Waals surface area contributed by atoms with Crippen LogP contribution in [-0.2, 0) is 4.79 Å². The van der Waals surface area contributed by atoms with E-state index in [1.54, 1.807) is 19.0 Å². The summed E-state index contributed by atoms with van der Waals surface area (Å²) in [6, 6.07) is 0. The molecule has 0 saturated carbocycles. The number of rotatable bonds is 7. The SMILES string of the molecule is C#CCCCNCCCC(=O)N(C)C. The molecule has 80 valence electrons. The Bertz CT molecular complexity index is 194. The maximum atomic E-state index is 11.1. The highest BCUT2D eigenvalue weighted by Crippen LogP contribution is 1.92. The third-order valence-corrected chi connectivity index (χ3v) is 1.92. The smallest absolute Gasteiger partial charge is 0.222 e. The van der Waals surface area contributed by atoms with Gasteiger partial charge in [0.05, 0.1) is 0 Å². The van der Waals surface area contributed by atoms with E-state index < -0.39 is 0 Å². The minimum absolute atomic E-state index is 0.190. The summed E-state index contributed by atoms with van der Waals surface area (Å²) in [5.74, 6) is 2.78. The molecule has 0 heterocycles. The van der Waals surface area contributed by atoms with E-state index in [1.807, 2.05) is 0 Å². The number of carbonyl (C=O) groups is 1. The minimum Gasteiger partial charge on any atom is -0.349 e. The highest BCUT2D eigenvalue weighted by atomic mass is 16.2. The van der Waals surface area contributed by atoms with Crippen molar-refractivity contribution in [3.8, 4) is 12.3 Å². The first-order valence-corrected chi connectivity index (χ1v) is 5.03. The lowest BCUT2D eigenvalue weighted by Gasteiger charge is -2.09. The second kappa shape index (κ2) is 8.58. The largest absolute Gasteiger partial charge is 0.349 e. The summed E-state index contributed by atoms with van der Waals surface area (Å²) in [6.07, 6.45) is 8.47. The predicted molar refractivity (Wildman–Crippen MR) is 58.9 cm³/mol. The Morgan fingerprint density at radius 1 is 1.36 bits per heavy atom. The lowest BCUT2D eigenvalue weighted by Crippen LogP contribution is -2.23. The minimum atomic E-state index is 0.190. The molecule has 0 aromatic carbocycles. The Balaban J connectivity index is 3.14. The van der Waals surface area contributed by atoms with Crippen LogP contribution in [0.15, 0.2) is 0 Å². The fourth-order valence-electron chi connectivity index (χ4n) is 1.03. The van der Waals surface area contributed by atoms with Gasteiger partial charge in [0.2, 0.25) is 5.91 Å². The van der Waals surface area contributed by atoms with Crippen molar-refractivity contribution in [2.24, 2.45) is 0 Å². The van der Waals surface area contributed by atoms with Crippen LogP contribution in [0, 0.1) is 12.3 Å². The third kappa shape index (κ3) is 7.63. The van der Waals surface area contributed by atoms with Gasteiger partial charge in [-0.2, -0.15) is 0 Å². The molecule has 3 heteroatoms. The van der Waals surface area contributed by atoms with Crippen LogP contribution in [0.25, 0.3) is 0 Å². The van der Waals surface area contributed by atoms with Gasteiger partial charge in [-0.05, 0) is 25.9 Å². The maximum absolute atomic E-state index is 11.1. The topological polar surface area (TPSA) is 32.3 Å². The summed E-state index contributed by atoms with van der Waals surface area (Å²) in [5, 5.41) is 3.25. The molecule has 0 spiro atoms. The molecule has 0 bridgehead atoms. The number of terminal acetylenes is 1. The van der Waals surface area contributed by atoms with Crippen molar-refractivity contribution < 1.29 is 4.79 Å². The van der Waals surface area contributed by atoms with Crippen LogP contribution in [0.4, 0.5) is 0 Å². The van der Waals surface area contributed by atoms with Gasteiger partial charge in [-0.15, -0.1) is 12.3 Å². The van der Waals surface area contributed by atoms with Gasteiger partial charge in [0.1, 0.15) is 0 Å². The predicted octanol–water partition coefficient (Wildman–Crippen LogP) is 0.858. The Morgan fingerprint density at radius 3 is 2.57 bits per heavy atom. The van der Waals surface area contributed by atoms with Crippen molar-refractivity contribution in [3.63, 3.8) is 0 Å². The molecule has 0 fully saturated rings. The molecule has 3 nitrogen and oxygen atoms in total. The number of hydrogen-bond donors (Lipinski definition) is 1. The summed E-state index contributed by atoms with van der Waals surface area (Å²) in [5.41, 5.74) is 0. The van der Waals surface area contributed by atoms with Crippen molar-refractivity contribution in [1.82, 2.24) is 10.2 Å². The first-order chi connectivity index (χ1) is 6.68. The zero-order valence-corrected chi connectivity index (χ0v) is 9.18. The van der Waals surface area contributed by atoms with E-state index in [0.717, 1.165) is 32.4 Å². The molecule has 0 rings (SSSR count). The van der Waals surface area contributed by atoms with Crippen LogP contribution >= 0.6 is 0 Å². The van der Waals surface area contributed by atoms with E-state index in [4.69, 9.17) is 6.42 Å². The highest BCUT2D eigenvalue weighted by molar-refractivity contribution is 5.75. The molecule has 0 unspecified atom stereocenters. The molecule has 0 aliphatic heterocycles. The second-order valence-corrected chi connectivity index (χ2v) is 3.45. The molecule has 0 aromatic heterocycles. The van der Waals surface area contributed by atoms with Crippen LogP contribution in [-0.4, -0.2) is 38.0 Å². The summed E-state index contributed by atoms with van der Waals surface area (Å²) >= 11 is 0. The van der Waals surface area contributed by atoms with Crippen LogP contribution < -0.4 is 5.32 Å². The Kier molecular flexibility index (Phi) is 7.96. The standard InChI is InChI=1S/C11H20N2O/c1-4-5-6-9-12-10-7-8-11(14)13(2)3/h1,12H,5-10H2,2-3H3. The van der Waals surface area contributed by atoms with E-state index in [2.05, 4.69) is 11.2 Å². The van der Waals surface area contributed by atoms with Crippen molar-refractivity contribution in [3.05, 3.63) is 0 Å². The summed E-state index contributed by atoms with van der Waals surface area (Å²) in [7, 11) is 3.56. The molecule has 0 aliphatic carbocycles. The molecule has 1 amide bonds. The molecular formula is C11H20N2O. The number of nitrogens with one attached hydrogen (secondary N) is 1. The number of unbranched alkanes of at least 4 members (excludes halogenated alkanes) is 1. The number of hydrogen-bond acceptors (Lipinski definition) is 2. The second-order valence-electron chi connectivity index (χ2n) is 3.45. The van der Waals surface area contributed by atoms with Gasteiger partial charge in [-0.1, -0.05) is 0 Å². The van der Waals surface area contributed by atoms with Crippen LogP contribution in [0.5, 0.6) is 0 Å². The van der Waals surface area contributed by atoms with Gasteiger partial charge in [0.15, 0.2) is 0 Å². The number of amides is 1. The monoisotopic (exact) mass is 196 g/mol. The van der Waals surface area contributed by atoms with E-state index >= 15 is 0 Å². The van der Waals surface area contributed by atoms with Gasteiger partial charge < -0.3 is 10.2 Å². The van der Waals surface area contributed by atoms with Crippen LogP contribution in [0.1, 0.15) is 25.7 Å². The Morgan fingerprint density at radius 2 is 2.00 bits per heavy atom. The fourth-order valence-corrected chi connectivity index (χ4v) is 1.03.